The lowest BCUT2D eigenvalue weighted by Gasteiger charge is -2.20. The van der Waals surface area contributed by atoms with Crippen molar-refractivity contribution in [2.45, 2.75) is 32.2 Å². The van der Waals surface area contributed by atoms with E-state index >= 15 is 0 Å². The molecule has 1 amide bonds. The van der Waals surface area contributed by atoms with Gasteiger partial charge in [-0.3, -0.25) is 4.79 Å². The molecule has 0 saturated carbocycles. The number of amides is 1. The molecular weight excluding hydrogens is 575 g/mol. The van der Waals surface area contributed by atoms with Crippen LogP contribution < -0.4 is 29.0 Å². The summed E-state index contributed by atoms with van der Waals surface area (Å²) in [5, 5.41) is 2.77. The number of alkyl halides is 3. The fourth-order valence-corrected chi connectivity index (χ4v) is 4.57. The first-order valence-corrected chi connectivity index (χ1v) is 13.8. The van der Waals surface area contributed by atoms with Crippen LogP contribution in [0.25, 0.3) is 0 Å². The van der Waals surface area contributed by atoms with Crippen LogP contribution in [-0.4, -0.2) is 33.8 Å². The molecule has 0 atom stereocenters. The predicted octanol–water partition coefficient (Wildman–Crippen LogP) is 6.79. The van der Waals surface area contributed by atoms with Gasteiger partial charge in [-0.25, -0.2) is 0 Å². The first kappa shape index (κ1) is 32.1. The maximum Gasteiger partial charge on any atom is 0.420 e. The minimum absolute atomic E-state index is 0.00220. The lowest BCUT2D eigenvalue weighted by atomic mass is 10.0. The van der Waals surface area contributed by atoms with Crippen molar-refractivity contribution < 1.29 is 41.7 Å². The Bertz CT molecular complexity index is 1500. The van der Waals surface area contributed by atoms with Crippen LogP contribution in [0.5, 0.6) is 28.7 Å². The Hall–Kier alpha value is -4.86. The molecule has 0 unspecified atom stereocenters. The van der Waals surface area contributed by atoms with Gasteiger partial charge in [0.05, 0.1) is 27.8 Å². The summed E-state index contributed by atoms with van der Waals surface area (Å²) in [4.78, 5) is 12.7. The van der Waals surface area contributed by atoms with E-state index in [-0.39, 0.29) is 50.0 Å². The monoisotopic (exact) mass is 609 g/mol. The summed E-state index contributed by atoms with van der Waals surface area (Å²) >= 11 is 0. The van der Waals surface area contributed by atoms with E-state index in [4.69, 9.17) is 23.7 Å². The van der Waals surface area contributed by atoms with E-state index in [9.17, 15) is 18.0 Å². The highest BCUT2D eigenvalue weighted by atomic mass is 19.4. The van der Waals surface area contributed by atoms with Crippen molar-refractivity contribution in [3.63, 3.8) is 0 Å². The largest absolute Gasteiger partial charge is 0.493 e. The molecule has 4 aromatic rings. The molecule has 0 aliphatic heterocycles. The topological polar surface area (TPSA) is 75.3 Å². The first-order chi connectivity index (χ1) is 21.2. The number of ether oxygens (including phenoxy) is 5. The number of hydrogen-bond acceptors (Lipinski definition) is 6. The summed E-state index contributed by atoms with van der Waals surface area (Å²) < 4.78 is 70.6. The number of nitrogens with one attached hydrogen (secondary N) is 1. The van der Waals surface area contributed by atoms with E-state index in [2.05, 4.69) is 5.32 Å². The molecule has 0 saturated heterocycles. The zero-order valence-corrected chi connectivity index (χ0v) is 24.7. The molecule has 44 heavy (non-hydrogen) atoms. The van der Waals surface area contributed by atoms with Crippen molar-refractivity contribution in [3.05, 3.63) is 113 Å². The lowest BCUT2D eigenvalue weighted by molar-refractivity contribution is -0.139. The van der Waals surface area contributed by atoms with E-state index in [1.165, 1.54) is 27.4 Å². The molecule has 1 N–H and O–H groups in total. The maximum absolute atomic E-state index is 14.3. The number of benzene rings is 4. The van der Waals surface area contributed by atoms with Crippen molar-refractivity contribution >= 4 is 5.91 Å². The van der Waals surface area contributed by atoms with Gasteiger partial charge >= 0.3 is 6.18 Å². The number of halogens is 3. The number of rotatable bonds is 14. The van der Waals surface area contributed by atoms with E-state index in [1.54, 1.807) is 36.4 Å². The third-order valence-electron chi connectivity index (χ3n) is 6.71. The molecular formula is C34H34F3NO6. The van der Waals surface area contributed by atoms with Crippen LogP contribution in [0.2, 0.25) is 0 Å². The normalized spacial score (nSPS) is 11.0. The Kier molecular flexibility index (Phi) is 11.0. The van der Waals surface area contributed by atoms with Gasteiger partial charge in [-0.1, -0.05) is 60.7 Å². The Balaban J connectivity index is 1.52. The molecule has 0 radical (unpaired) electrons. The molecule has 0 spiro atoms. The molecule has 0 fully saturated rings. The van der Waals surface area contributed by atoms with Crippen molar-refractivity contribution in [2.75, 3.05) is 27.9 Å². The second-order valence-electron chi connectivity index (χ2n) is 9.83. The first-order valence-electron chi connectivity index (χ1n) is 13.8. The zero-order chi connectivity index (χ0) is 31.5. The van der Waals surface area contributed by atoms with Gasteiger partial charge in [0, 0.05) is 6.54 Å². The highest BCUT2D eigenvalue weighted by Gasteiger charge is 2.37. The number of hydrogen-bond donors (Lipinski definition) is 1. The van der Waals surface area contributed by atoms with Gasteiger partial charge in [0.25, 0.3) is 0 Å². The summed E-state index contributed by atoms with van der Waals surface area (Å²) in [6.07, 6.45) is -4.57. The summed E-state index contributed by atoms with van der Waals surface area (Å²) in [6.45, 7) is 0.0830. The van der Waals surface area contributed by atoms with Crippen molar-refractivity contribution in [2.24, 2.45) is 0 Å². The van der Waals surface area contributed by atoms with E-state index in [0.717, 1.165) is 11.6 Å². The smallest absolute Gasteiger partial charge is 0.420 e. The predicted molar refractivity (Wildman–Crippen MR) is 160 cm³/mol. The van der Waals surface area contributed by atoms with Gasteiger partial charge in [-0.15, -0.1) is 0 Å². The van der Waals surface area contributed by atoms with Gasteiger partial charge in [0.2, 0.25) is 11.7 Å². The minimum Gasteiger partial charge on any atom is -0.493 e. The molecule has 0 bridgehead atoms. The van der Waals surface area contributed by atoms with Crippen LogP contribution in [0.4, 0.5) is 13.2 Å². The van der Waals surface area contributed by atoms with Crippen LogP contribution in [0.15, 0.2) is 84.9 Å². The van der Waals surface area contributed by atoms with Gasteiger partial charge < -0.3 is 29.0 Å². The van der Waals surface area contributed by atoms with Crippen molar-refractivity contribution in [3.8, 4) is 28.7 Å². The Morgan fingerprint density at radius 3 is 1.73 bits per heavy atom. The average molecular weight is 610 g/mol. The third kappa shape index (κ3) is 8.59. The lowest BCUT2D eigenvalue weighted by Crippen LogP contribution is -2.27. The molecule has 0 heterocycles. The SMILES string of the molecule is COc1cc(CC(=O)NCCc2cc(OCc3ccccc3)c(OCc3ccccc3)c(C(F)(F)F)c2)cc(OC)c1OC. The Labute approximate surface area is 254 Å². The summed E-state index contributed by atoms with van der Waals surface area (Å²) in [6, 6.07) is 24.0. The van der Waals surface area contributed by atoms with Crippen LogP contribution >= 0.6 is 0 Å². The highest BCUT2D eigenvalue weighted by Crippen LogP contribution is 2.43. The average Bonchev–Trinajstić information content (AvgIpc) is 3.02. The van der Waals surface area contributed by atoms with Crippen LogP contribution in [-0.2, 0) is 37.0 Å². The second-order valence-corrected chi connectivity index (χ2v) is 9.83. The zero-order valence-electron chi connectivity index (χ0n) is 24.7. The van der Waals surface area contributed by atoms with Crippen LogP contribution in [0.3, 0.4) is 0 Å². The summed E-state index contributed by atoms with van der Waals surface area (Å²) in [7, 11) is 4.44. The third-order valence-corrected chi connectivity index (χ3v) is 6.71. The van der Waals surface area contributed by atoms with Crippen molar-refractivity contribution in [1.29, 1.82) is 0 Å². The molecule has 7 nitrogen and oxygen atoms in total. The molecule has 4 aromatic carbocycles. The van der Waals surface area contributed by atoms with Crippen LogP contribution in [0, 0.1) is 0 Å². The number of carbonyl (C=O) groups is 1. The van der Waals surface area contributed by atoms with Crippen LogP contribution in [0.1, 0.15) is 27.8 Å². The van der Waals surface area contributed by atoms with Gasteiger partial charge in [-0.2, -0.15) is 13.2 Å². The van der Waals surface area contributed by atoms with Gasteiger partial charge in [0.15, 0.2) is 23.0 Å². The fourth-order valence-electron chi connectivity index (χ4n) is 4.57. The minimum atomic E-state index is -4.71. The second kappa shape index (κ2) is 15.0. The van der Waals surface area contributed by atoms with Gasteiger partial charge in [-0.05, 0) is 52.9 Å². The van der Waals surface area contributed by atoms with Gasteiger partial charge in [0.1, 0.15) is 18.8 Å². The Morgan fingerprint density at radius 2 is 1.20 bits per heavy atom. The molecule has 0 aromatic heterocycles. The number of carbonyl (C=O) groups excluding carboxylic acids is 1. The van der Waals surface area contributed by atoms with Crippen molar-refractivity contribution in [1.82, 2.24) is 5.32 Å². The fraction of sp³-hybridized carbons (Fsp3) is 0.265. The summed E-state index contributed by atoms with van der Waals surface area (Å²) in [5.41, 5.74) is 1.51. The summed E-state index contributed by atoms with van der Waals surface area (Å²) in [5.74, 6) is 0.490. The number of methoxy groups -OCH3 is 3. The quantitative estimate of drug-likeness (QED) is 0.170. The Morgan fingerprint density at radius 1 is 0.659 bits per heavy atom. The van der Waals surface area contributed by atoms with E-state index < -0.39 is 11.7 Å². The molecule has 0 aliphatic carbocycles. The maximum atomic E-state index is 14.3. The van der Waals surface area contributed by atoms with E-state index in [1.807, 2.05) is 36.4 Å². The van der Waals surface area contributed by atoms with E-state index in [0.29, 0.717) is 33.9 Å². The molecule has 4 rings (SSSR count). The standard InChI is InChI=1S/C34H34F3NO6/c1-40-28-18-26(19-29(41-2)33(28)42-3)20-31(39)38-15-14-25-16-27(34(35,36)37)32(44-22-24-12-8-5-9-13-24)30(17-25)43-21-23-10-6-4-7-11-23/h4-13,16-19H,14-15,20-22H2,1-3H3,(H,38,39). The highest BCUT2D eigenvalue weighted by molar-refractivity contribution is 5.79. The molecule has 0 aliphatic rings. The molecule has 232 valence electrons. The molecule has 10 heteroatoms.